The van der Waals surface area contributed by atoms with Crippen molar-refractivity contribution in [1.29, 1.82) is 0 Å². The summed E-state index contributed by atoms with van der Waals surface area (Å²) >= 11 is 0. The number of pyridine rings is 1. The van der Waals surface area contributed by atoms with Crippen molar-refractivity contribution >= 4 is 11.0 Å². The Kier molecular flexibility index (Phi) is 8.32. The molecule has 2 heterocycles. The number of aromatic nitrogens is 3. The van der Waals surface area contributed by atoms with Crippen LogP contribution in [-0.2, 0) is 46.7 Å². The minimum absolute atomic E-state index is 0. The van der Waals surface area contributed by atoms with E-state index in [4.69, 9.17) is 14.7 Å². The van der Waals surface area contributed by atoms with Gasteiger partial charge in [-0.15, -0.1) is 16.7 Å². The van der Waals surface area contributed by atoms with E-state index >= 15 is 0 Å². The number of para-hydroxylation sites is 3. The van der Waals surface area contributed by atoms with E-state index in [1.165, 1.54) is 22.3 Å². The molecule has 0 atom stereocenters. The van der Waals surface area contributed by atoms with Gasteiger partial charge in [0.2, 0.25) is 0 Å². The van der Waals surface area contributed by atoms with Crippen molar-refractivity contribution in [3.63, 3.8) is 0 Å². The number of aromatic hydroxyl groups is 1. The second-order valence-electron chi connectivity index (χ2n) is 14.1. The molecule has 0 radical (unpaired) electrons. The number of phenols is 1. The number of hydrogen-bond acceptors (Lipinski definition) is 4. The second-order valence-corrected chi connectivity index (χ2v) is 14.1. The molecule has 10 rings (SSSR count). The molecule has 0 unspecified atom stereocenters. The van der Waals surface area contributed by atoms with Gasteiger partial charge in [0.15, 0.2) is 11.6 Å². The number of fused-ring (bicyclic) bond motifs is 3. The zero-order valence-electron chi connectivity index (χ0n) is 28.8. The van der Waals surface area contributed by atoms with Crippen LogP contribution in [0, 0.1) is 11.5 Å². The van der Waals surface area contributed by atoms with Gasteiger partial charge in [-0.05, 0) is 77.8 Å². The van der Waals surface area contributed by atoms with Gasteiger partial charge in [-0.2, -0.15) is 0 Å². The molecule has 2 aromatic heterocycles. The Balaban J connectivity index is 0.00000372. The summed E-state index contributed by atoms with van der Waals surface area (Å²) in [6.07, 6.45) is 5.78. The quantitative estimate of drug-likeness (QED) is 0.169. The minimum Gasteiger partial charge on any atom is -0.517 e. The summed E-state index contributed by atoms with van der Waals surface area (Å²) in [7, 11) is 0. The average molecular weight is 868 g/mol. The molecule has 2 aliphatic rings. The first kappa shape index (κ1) is 33.1. The normalized spacial score (nSPS) is 13.8. The minimum atomic E-state index is 0. The Labute approximate surface area is 322 Å². The van der Waals surface area contributed by atoms with Crippen molar-refractivity contribution in [1.82, 2.24) is 14.5 Å². The topological polar surface area (TPSA) is 60.2 Å². The van der Waals surface area contributed by atoms with Gasteiger partial charge in [0.1, 0.15) is 11.2 Å². The maximum Gasteiger partial charge on any atom is 0.164 e. The summed E-state index contributed by atoms with van der Waals surface area (Å²) in [6, 6.07) is 53.0. The van der Waals surface area contributed by atoms with Crippen molar-refractivity contribution in [2.24, 2.45) is 5.41 Å². The summed E-state index contributed by atoms with van der Waals surface area (Å²) in [5, 5.41) is 11.1. The van der Waals surface area contributed by atoms with Crippen LogP contribution < -0.4 is 4.74 Å². The first-order valence-corrected chi connectivity index (χ1v) is 17.8. The maximum absolute atomic E-state index is 11.1. The molecule has 6 aromatic carbocycles. The van der Waals surface area contributed by atoms with Crippen LogP contribution >= 0.6 is 0 Å². The molecule has 0 fully saturated rings. The van der Waals surface area contributed by atoms with Crippen molar-refractivity contribution in [2.45, 2.75) is 25.7 Å². The Morgan fingerprint density at radius 1 is 0.660 bits per heavy atom. The Hall–Kier alpha value is -5.77. The van der Waals surface area contributed by atoms with Crippen LogP contribution in [-0.4, -0.2) is 19.6 Å². The third-order valence-corrected chi connectivity index (χ3v) is 10.8. The monoisotopic (exact) mass is 867 g/mol. The molecule has 1 N–H and O–H groups in total. The summed E-state index contributed by atoms with van der Waals surface area (Å²) in [5.41, 5.74) is 12.8. The molecule has 8 aromatic rings. The largest absolute Gasteiger partial charge is 0.517 e. The van der Waals surface area contributed by atoms with E-state index in [1.54, 1.807) is 12.3 Å². The summed E-state index contributed by atoms with van der Waals surface area (Å²) in [6.45, 7) is 0. The zero-order valence-corrected chi connectivity index (χ0v) is 31.0. The van der Waals surface area contributed by atoms with Crippen molar-refractivity contribution in [2.75, 3.05) is 0 Å². The van der Waals surface area contributed by atoms with Crippen LogP contribution in [0.4, 0.5) is 0 Å². The van der Waals surface area contributed by atoms with Crippen LogP contribution in [0.1, 0.15) is 22.3 Å². The van der Waals surface area contributed by atoms with Gasteiger partial charge in [-0.25, -0.2) is 4.98 Å². The fourth-order valence-electron chi connectivity index (χ4n) is 8.55. The third-order valence-electron chi connectivity index (χ3n) is 10.8. The van der Waals surface area contributed by atoms with E-state index in [2.05, 4.69) is 95.6 Å². The van der Waals surface area contributed by atoms with E-state index < -0.39 is 0 Å². The average Bonchev–Trinajstić information content (AvgIpc) is 3.87. The van der Waals surface area contributed by atoms with Crippen LogP contribution in [0.25, 0.3) is 50.5 Å². The molecule has 0 amide bonds. The zero-order chi connectivity index (χ0) is 34.6. The van der Waals surface area contributed by atoms with Gasteiger partial charge < -0.3 is 9.84 Å². The number of rotatable bonds is 6. The van der Waals surface area contributed by atoms with E-state index in [0.29, 0.717) is 11.5 Å². The van der Waals surface area contributed by atoms with Crippen molar-refractivity contribution < 1.29 is 30.9 Å². The molecule has 1 spiro atoms. The van der Waals surface area contributed by atoms with Crippen LogP contribution in [0.5, 0.6) is 17.2 Å². The molecule has 53 heavy (non-hydrogen) atoms. The van der Waals surface area contributed by atoms with E-state index in [0.717, 1.165) is 76.2 Å². The SMILES string of the molecule is Oc1ccccc1-c1[c-]c(Oc2cccc3c2nc(-c2ccccn2)n3-c2ccccc2-c2ccccc2)cc2c1CC1(Cc3ccccc3C1)C2.[Pt]. The van der Waals surface area contributed by atoms with Gasteiger partial charge in [0.05, 0.1) is 17.0 Å². The van der Waals surface area contributed by atoms with Crippen LogP contribution in [0.3, 0.4) is 0 Å². The summed E-state index contributed by atoms with van der Waals surface area (Å²) in [4.78, 5) is 9.99. The molecule has 0 bridgehead atoms. The molecular formula is C47H34N3O2Pt-. The number of benzene rings is 6. The number of nitrogens with zero attached hydrogens (tertiary/aromatic N) is 3. The Morgan fingerprint density at radius 2 is 1.36 bits per heavy atom. The van der Waals surface area contributed by atoms with E-state index in [-0.39, 0.29) is 32.2 Å². The number of ether oxygens (including phenoxy) is 1. The number of hydrogen-bond donors (Lipinski definition) is 1. The van der Waals surface area contributed by atoms with Crippen molar-refractivity contribution in [3.8, 4) is 56.7 Å². The molecule has 2 aliphatic carbocycles. The predicted molar refractivity (Wildman–Crippen MR) is 206 cm³/mol. The number of phenolic OH excluding ortho intramolecular Hbond substituents is 1. The van der Waals surface area contributed by atoms with Crippen molar-refractivity contribution in [3.05, 3.63) is 180 Å². The molecule has 0 saturated heterocycles. The number of imidazole rings is 1. The summed E-state index contributed by atoms with van der Waals surface area (Å²) < 4.78 is 9.04. The van der Waals surface area contributed by atoms with Gasteiger partial charge in [-0.1, -0.05) is 127 Å². The standard InChI is InChI=1S/C47H34N3O2.Pt/c51-43-22-9-7-18-37(43)38-26-35(25-34-29-47(30-39(34)38)27-32-15-4-5-16-33(32)28-47)52-44-23-12-21-42-45(44)49-46(40-19-10-11-24-48-40)50(42)41-20-8-6-17-36(41)31-13-2-1-3-14-31;/h1-25,51H,27-30H2;/q-1;. The molecule has 260 valence electrons. The van der Waals surface area contributed by atoms with Crippen LogP contribution in [0.2, 0.25) is 0 Å². The first-order valence-electron chi connectivity index (χ1n) is 17.8. The molecule has 0 saturated carbocycles. The predicted octanol–water partition coefficient (Wildman–Crippen LogP) is 10.6. The molecule has 0 aliphatic heterocycles. The van der Waals surface area contributed by atoms with Gasteiger partial charge in [0.25, 0.3) is 0 Å². The molecular weight excluding hydrogens is 834 g/mol. The van der Waals surface area contributed by atoms with Crippen LogP contribution in [0.15, 0.2) is 152 Å². The fraction of sp³-hybridized carbons (Fsp3) is 0.106. The summed E-state index contributed by atoms with van der Waals surface area (Å²) in [5.74, 6) is 2.21. The fourth-order valence-corrected chi connectivity index (χ4v) is 8.55. The third kappa shape index (κ3) is 5.77. The van der Waals surface area contributed by atoms with Gasteiger partial charge in [0, 0.05) is 38.6 Å². The van der Waals surface area contributed by atoms with Gasteiger partial charge >= 0.3 is 0 Å². The second kappa shape index (κ2) is 13.3. The molecule has 6 heteroatoms. The Morgan fingerprint density at radius 3 is 2.13 bits per heavy atom. The maximum atomic E-state index is 11.1. The Bertz CT molecular complexity index is 2610. The first-order chi connectivity index (χ1) is 25.6. The van der Waals surface area contributed by atoms with E-state index in [9.17, 15) is 5.11 Å². The molecule has 5 nitrogen and oxygen atoms in total. The smallest absolute Gasteiger partial charge is 0.164 e. The van der Waals surface area contributed by atoms with Gasteiger partial charge in [-0.3, -0.25) is 9.55 Å². The van der Waals surface area contributed by atoms with E-state index in [1.807, 2.05) is 54.6 Å².